The maximum atomic E-state index is 6.71. The number of anilines is 3. The highest BCUT2D eigenvalue weighted by Gasteiger charge is 2.19. The Hall–Kier alpha value is -7.42. The van der Waals surface area contributed by atoms with Crippen molar-refractivity contribution >= 4 is 71.3 Å². The summed E-state index contributed by atoms with van der Waals surface area (Å²) in [4.78, 5) is 2.39. The first kappa shape index (κ1) is 32.0. The Bertz CT molecular complexity index is 3220. The van der Waals surface area contributed by atoms with Crippen LogP contribution < -0.4 is 4.90 Å². The molecule has 0 unspecified atom stereocenters. The molecule has 10 aromatic carbocycles. The summed E-state index contributed by atoms with van der Waals surface area (Å²) in [6, 6.07) is 76.3. The summed E-state index contributed by atoms with van der Waals surface area (Å²) in [7, 11) is 0. The summed E-state index contributed by atoms with van der Waals surface area (Å²) >= 11 is 0. The van der Waals surface area contributed by atoms with E-state index in [2.05, 4.69) is 217 Å². The second-order valence-electron chi connectivity index (χ2n) is 14.5. The van der Waals surface area contributed by atoms with Crippen molar-refractivity contribution in [3.05, 3.63) is 212 Å². The molecule has 2 nitrogen and oxygen atoms in total. The molecule has 56 heavy (non-hydrogen) atoms. The van der Waals surface area contributed by atoms with Crippen molar-refractivity contribution in [2.45, 2.75) is 0 Å². The van der Waals surface area contributed by atoms with Gasteiger partial charge in [-0.05, 0) is 103 Å². The van der Waals surface area contributed by atoms with Gasteiger partial charge < -0.3 is 9.32 Å². The van der Waals surface area contributed by atoms with Gasteiger partial charge in [0.05, 0.1) is 5.69 Å². The van der Waals surface area contributed by atoms with Crippen LogP contribution in [0.25, 0.3) is 87.6 Å². The lowest BCUT2D eigenvalue weighted by Crippen LogP contribution is -2.10. The quantitative estimate of drug-likeness (QED) is 0.160. The Balaban J connectivity index is 1.03. The summed E-state index contributed by atoms with van der Waals surface area (Å²) in [6.45, 7) is 0. The van der Waals surface area contributed by atoms with Gasteiger partial charge in [0.15, 0.2) is 0 Å². The Labute approximate surface area is 325 Å². The van der Waals surface area contributed by atoms with Crippen LogP contribution in [-0.2, 0) is 0 Å². The van der Waals surface area contributed by atoms with Crippen molar-refractivity contribution in [1.29, 1.82) is 0 Å². The van der Waals surface area contributed by atoms with Gasteiger partial charge >= 0.3 is 0 Å². The van der Waals surface area contributed by atoms with E-state index in [9.17, 15) is 0 Å². The van der Waals surface area contributed by atoms with Gasteiger partial charge in [0.1, 0.15) is 11.2 Å². The fourth-order valence-electron chi connectivity index (χ4n) is 8.52. The maximum absolute atomic E-state index is 6.71. The van der Waals surface area contributed by atoms with E-state index in [0.717, 1.165) is 55.5 Å². The molecule has 11 aromatic rings. The van der Waals surface area contributed by atoms with E-state index in [4.69, 9.17) is 4.42 Å². The highest BCUT2D eigenvalue weighted by Crippen LogP contribution is 2.44. The van der Waals surface area contributed by atoms with Gasteiger partial charge in [-0.1, -0.05) is 164 Å². The molecule has 0 atom stereocenters. The number of fused-ring (bicyclic) bond motifs is 8. The predicted octanol–water partition coefficient (Wildman–Crippen LogP) is 15.5. The van der Waals surface area contributed by atoms with Crippen LogP contribution in [0.2, 0.25) is 0 Å². The van der Waals surface area contributed by atoms with Gasteiger partial charge in [-0.2, -0.15) is 0 Å². The standard InChI is InChI=1S/C54H35NO/c1-3-13-36(14-4-1)37-23-28-42(29-24-37)55(52-33-41-17-7-8-18-44(41)45-19-9-11-21-47(45)52)43-30-25-38(26-31-43)40-27-32-48-51-35-50(39-15-5-2-6-16-39)46-20-10-12-22-49(46)54(51)56-53(48)34-40/h1-35H. The molecule has 0 amide bonds. The molecular formula is C54H35NO. The first-order valence-electron chi connectivity index (χ1n) is 19.2. The summed E-state index contributed by atoms with van der Waals surface area (Å²) in [5, 5.41) is 9.50. The number of hydrogen-bond acceptors (Lipinski definition) is 2. The summed E-state index contributed by atoms with van der Waals surface area (Å²) < 4.78 is 6.71. The molecule has 2 heteroatoms. The Morgan fingerprint density at radius 1 is 0.304 bits per heavy atom. The van der Waals surface area contributed by atoms with Crippen molar-refractivity contribution in [2.24, 2.45) is 0 Å². The summed E-state index contributed by atoms with van der Waals surface area (Å²) in [6.07, 6.45) is 0. The Morgan fingerprint density at radius 3 is 1.52 bits per heavy atom. The molecule has 262 valence electrons. The van der Waals surface area contributed by atoms with Crippen molar-refractivity contribution in [2.75, 3.05) is 4.90 Å². The third-order valence-electron chi connectivity index (χ3n) is 11.2. The molecule has 0 bridgehead atoms. The Kier molecular flexibility index (Phi) is 7.53. The second kappa shape index (κ2) is 13.2. The molecule has 0 aliphatic heterocycles. The van der Waals surface area contributed by atoms with Crippen LogP contribution in [-0.4, -0.2) is 0 Å². The average molecular weight is 714 g/mol. The summed E-state index contributed by atoms with van der Waals surface area (Å²) in [5.74, 6) is 0. The predicted molar refractivity (Wildman–Crippen MR) is 237 cm³/mol. The monoisotopic (exact) mass is 713 g/mol. The lowest BCUT2D eigenvalue weighted by Gasteiger charge is -2.28. The highest BCUT2D eigenvalue weighted by molar-refractivity contribution is 6.19. The number of furan rings is 1. The minimum Gasteiger partial charge on any atom is -0.455 e. The lowest BCUT2D eigenvalue weighted by molar-refractivity contribution is 0.673. The van der Waals surface area contributed by atoms with Gasteiger partial charge in [0.2, 0.25) is 0 Å². The fourth-order valence-corrected chi connectivity index (χ4v) is 8.52. The SMILES string of the molecule is c1ccc(-c2ccc(N(c3ccc(-c4ccc5c(c4)oc4c6ccccc6c(-c6ccccc6)cc54)cc3)c3cc4ccccc4c4ccccc34)cc2)cc1. The molecule has 0 spiro atoms. The Morgan fingerprint density at radius 2 is 0.821 bits per heavy atom. The van der Waals surface area contributed by atoms with E-state index in [-0.39, 0.29) is 0 Å². The van der Waals surface area contributed by atoms with Crippen LogP contribution in [0.1, 0.15) is 0 Å². The molecule has 0 N–H and O–H groups in total. The smallest absolute Gasteiger partial charge is 0.143 e. The fraction of sp³-hybridized carbons (Fsp3) is 0. The van der Waals surface area contributed by atoms with Gasteiger partial charge in [-0.15, -0.1) is 0 Å². The van der Waals surface area contributed by atoms with E-state index in [1.54, 1.807) is 0 Å². The van der Waals surface area contributed by atoms with Gasteiger partial charge in [-0.25, -0.2) is 0 Å². The molecule has 0 saturated heterocycles. The zero-order chi connectivity index (χ0) is 37.0. The normalized spacial score (nSPS) is 11.6. The first-order chi connectivity index (χ1) is 27.8. The average Bonchev–Trinajstić information content (AvgIpc) is 3.65. The molecule has 0 aliphatic carbocycles. The van der Waals surface area contributed by atoms with Crippen molar-refractivity contribution < 1.29 is 4.42 Å². The van der Waals surface area contributed by atoms with Crippen molar-refractivity contribution in [3.63, 3.8) is 0 Å². The van der Waals surface area contributed by atoms with Gasteiger partial charge in [0, 0.05) is 32.9 Å². The third-order valence-corrected chi connectivity index (χ3v) is 11.2. The number of nitrogens with zero attached hydrogens (tertiary/aromatic N) is 1. The largest absolute Gasteiger partial charge is 0.455 e. The van der Waals surface area contributed by atoms with Crippen LogP contribution in [0.5, 0.6) is 0 Å². The second-order valence-corrected chi connectivity index (χ2v) is 14.5. The zero-order valence-corrected chi connectivity index (χ0v) is 30.6. The topological polar surface area (TPSA) is 16.4 Å². The third kappa shape index (κ3) is 5.34. The zero-order valence-electron chi connectivity index (χ0n) is 30.6. The van der Waals surface area contributed by atoms with Crippen LogP contribution in [0.15, 0.2) is 217 Å². The van der Waals surface area contributed by atoms with E-state index >= 15 is 0 Å². The van der Waals surface area contributed by atoms with Gasteiger partial charge in [-0.3, -0.25) is 0 Å². The molecule has 1 aromatic heterocycles. The number of benzene rings is 10. The van der Waals surface area contributed by atoms with Gasteiger partial charge in [0.25, 0.3) is 0 Å². The molecule has 0 radical (unpaired) electrons. The van der Waals surface area contributed by atoms with E-state index in [0.29, 0.717) is 0 Å². The molecule has 0 fully saturated rings. The van der Waals surface area contributed by atoms with Crippen LogP contribution >= 0.6 is 0 Å². The van der Waals surface area contributed by atoms with Crippen LogP contribution in [0.4, 0.5) is 17.1 Å². The van der Waals surface area contributed by atoms with E-state index in [1.807, 2.05) is 0 Å². The molecule has 0 aliphatic rings. The minimum atomic E-state index is 0.889. The molecule has 0 saturated carbocycles. The molecular weight excluding hydrogens is 679 g/mol. The highest BCUT2D eigenvalue weighted by atomic mass is 16.3. The number of rotatable bonds is 6. The van der Waals surface area contributed by atoms with Crippen molar-refractivity contribution in [3.8, 4) is 33.4 Å². The van der Waals surface area contributed by atoms with E-state index in [1.165, 1.54) is 49.2 Å². The van der Waals surface area contributed by atoms with Crippen LogP contribution in [0, 0.1) is 0 Å². The first-order valence-corrected chi connectivity index (χ1v) is 19.2. The maximum Gasteiger partial charge on any atom is 0.143 e. The number of hydrogen-bond donors (Lipinski definition) is 0. The minimum absolute atomic E-state index is 0.889. The molecule has 11 rings (SSSR count). The lowest BCUT2D eigenvalue weighted by atomic mass is 9.95. The van der Waals surface area contributed by atoms with Crippen LogP contribution in [0.3, 0.4) is 0 Å². The van der Waals surface area contributed by atoms with E-state index < -0.39 is 0 Å². The van der Waals surface area contributed by atoms with Crippen molar-refractivity contribution in [1.82, 2.24) is 0 Å². The summed E-state index contributed by atoms with van der Waals surface area (Å²) in [5.41, 5.74) is 12.2. The molecule has 1 heterocycles.